The molecule has 0 unspecified atom stereocenters. The molecule has 3 rings (SSSR count). The van der Waals surface area contributed by atoms with E-state index in [9.17, 15) is 8.78 Å². The summed E-state index contributed by atoms with van der Waals surface area (Å²) in [6.45, 7) is 0. The molecule has 0 aliphatic carbocycles. The SMILES string of the molecule is Fc1ccc(-c2nc(Cl)nc3c2SCC3)cc1F. The molecule has 18 heavy (non-hydrogen) atoms. The van der Waals surface area contributed by atoms with Gasteiger partial charge in [-0.05, 0) is 29.8 Å². The van der Waals surface area contributed by atoms with E-state index in [0.29, 0.717) is 11.3 Å². The van der Waals surface area contributed by atoms with Crippen LogP contribution >= 0.6 is 23.4 Å². The number of aromatic nitrogens is 2. The average Bonchev–Trinajstić information content (AvgIpc) is 2.79. The van der Waals surface area contributed by atoms with Crippen molar-refractivity contribution in [1.82, 2.24) is 9.97 Å². The first-order valence-corrected chi connectivity index (χ1v) is 6.66. The van der Waals surface area contributed by atoms with E-state index < -0.39 is 11.6 Å². The van der Waals surface area contributed by atoms with Crippen LogP contribution in [-0.2, 0) is 6.42 Å². The molecule has 92 valence electrons. The van der Waals surface area contributed by atoms with Gasteiger partial charge in [-0.3, -0.25) is 0 Å². The Morgan fingerprint density at radius 1 is 1.17 bits per heavy atom. The van der Waals surface area contributed by atoms with Gasteiger partial charge in [0.05, 0.1) is 16.3 Å². The van der Waals surface area contributed by atoms with Crippen LogP contribution in [0.4, 0.5) is 8.78 Å². The lowest BCUT2D eigenvalue weighted by Gasteiger charge is -2.07. The molecular formula is C12H7ClF2N2S. The Morgan fingerprint density at radius 2 is 2.00 bits per heavy atom. The highest BCUT2D eigenvalue weighted by atomic mass is 35.5. The summed E-state index contributed by atoms with van der Waals surface area (Å²) in [6, 6.07) is 3.72. The number of thioether (sulfide) groups is 1. The Kier molecular flexibility index (Phi) is 2.95. The number of fused-ring (bicyclic) bond motifs is 1. The molecule has 0 atom stereocenters. The number of nitrogens with zero attached hydrogens (tertiary/aromatic N) is 2. The highest BCUT2D eigenvalue weighted by molar-refractivity contribution is 7.99. The van der Waals surface area contributed by atoms with E-state index in [1.165, 1.54) is 6.07 Å². The zero-order valence-electron chi connectivity index (χ0n) is 9.08. The lowest BCUT2D eigenvalue weighted by molar-refractivity contribution is 0.509. The molecule has 0 spiro atoms. The van der Waals surface area contributed by atoms with Crippen LogP contribution in [0.25, 0.3) is 11.3 Å². The van der Waals surface area contributed by atoms with Crippen molar-refractivity contribution in [3.8, 4) is 11.3 Å². The summed E-state index contributed by atoms with van der Waals surface area (Å²) < 4.78 is 26.2. The average molecular weight is 285 g/mol. The summed E-state index contributed by atoms with van der Waals surface area (Å²) in [4.78, 5) is 9.18. The van der Waals surface area contributed by atoms with Crippen LogP contribution in [0.3, 0.4) is 0 Å². The first kappa shape index (κ1) is 11.9. The van der Waals surface area contributed by atoms with E-state index in [-0.39, 0.29) is 5.28 Å². The maximum atomic E-state index is 13.3. The molecule has 0 radical (unpaired) electrons. The lowest BCUT2D eigenvalue weighted by atomic mass is 10.1. The molecule has 1 aliphatic rings. The zero-order chi connectivity index (χ0) is 12.7. The minimum atomic E-state index is -0.890. The number of benzene rings is 1. The minimum absolute atomic E-state index is 0.135. The van der Waals surface area contributed by atoms with Crippen LogP contribution < -0.4 is 0 Å². The Balaban J connectivity index is 2.19. The van der Waals surface area contributed by atoms with E-state index in [0.717, 1.165) is 34.9 Å². The van der Waals surface area contributed by atoms with Crippen molar-refractivity contribution in [2.45, 2.75) is 11.3 Å². The smallest absolute Gasteiger partial charge is 0.222 e. The van der Waals surface area contributed by atoms with Crippen molar-refractivity contribution in [2.75, 3.05) is 5.75 Å². The molecule has 1 aromatic heterocycles. The summed E-state index contributed by atoms with van der Waals surface area (Å²) >= 11 is 7.46. The molecule has 2 aromatic rings. The van der Waals surface area contributed by atoms with Gasteiger partial charge in [-0.25, -0.2) is 18.7 Å². The number of rotatable bonds is 1. The zero-order valence-corrected chi connectivity index (χ0v) is 10.7. The Morgan fingerprint density at radius 3 is 2.78 bits per heavy atom. The van der Waals surface area contributed by atoms with Crippen molar-refractivity contribution in [3.63, 3.8) is 0 Å². The molecule has 1 aliphatic heterocycles. The quantitative estimate of drug-likeness (QED) is 0.746. The van der Waals surface area contributed by atoms with Gasteiger partial charge in [0, 0.05) is 17.7 Å². The van der Waals surface area contributed by atoms with Crippen molar-refractivity contribution in [2.24, 2.45) is 0 Å². The molecule has 0 saturated heterocycles. The van der Waals surface area contributed by atoms with Crippen LogP contribution in [-0.4, -0.2) is 15.7 Å². The molecule has 0 amide bonds. The molecule has 0 saturated carbocycles. The van der Waals surface area contributed by atoms with Crippen LogP contribution in [0.2, 0.25) is 5.28 Å². The standard InChI is InChI=1S/C12H7ClF2N2S/c13-12-16-9-3-4-18-11(9)10(17-12)6-1-2-7(14)8(15)5-6/h1-2,5H,3-4H2. The lowest BCUT2D eigenvalue weighted by Crippen LogP contribution is -1.96. The molecule has 1 aromatic carbocycles. The van der Waals surface area contributed by atoms with Crippen molar-refractivity contribution < 1.29 is 8.78 Å². The normalized spacial score (nSPS) is 13.7. The van der Waals surface area contributed by atoms with E-state index in [1.54, 1.807) is 11.8 Å². The second-order valence-corrected chi connectivity index (χ2v) is 5.29. The molecule has 2 heterocycles. The van der Waals surface area contributed by atoms with Crippen LogP contribution in [0.15, 0.2) is 23.1 Å². The van der Waals surface area contributed by atoms with E-state index in [4.69, 9.17) is 11.6 Å². The van der Waals surface area contributed by atoms with Gasteiger partial charge in [-0.15, -0.1) is 11.8 Å². The first-order valence-electron chi connectivity index (χ1n) is 5.30. The van der Waals surface area contributed by atoms with E-state index in [2.05, 4.69) is 9.97 Å². The number of hydrogen-bond acceptors (Lipinski definition) is 3. The van der Waals surface area contributed by atoms with Gasteiger partial charge in [0.1, 0.15) is 0 Å². The minimum Gasteiger partial charge on any atom is -0.222 e. The molecular weight excluding hydrogens is 278 g/mol. The highest BCUT2D eigenvalue weighted by Crippen LogP contribution is 2.38. The van der Waals surface area contributed by atoms with Gasteiger partial charge in [0.15, 0.2) is 11.6 Å². The first-order chi connectivity index (χ1) is 8.65. The van der Waals surface area contributed by atoms with Gasteiger partial charge >= 0.3 is 0 Å². The maximum absolute atomic E-state index is 13.3. The van der Waals surface area contributed by atoms with Gasteiger partial charge in [-0.1, -0.05) is 0 Å². The fourth-order valence-electron chi connectivity index (χ4n) is 1.88. The Bertz CT molecular complexity index is 634. The second-order valence-electron chi connectivity index (χ2n) is 3.84. The van der Waals surface area contributed by atoms with Crippen molar-refractivity contribution >= 4 is 23.4 Å². The van der Waals surface area contributed by atoms with Crippen molar-refractivity contribution in [1.29, 1.82) is 0 Å². The van der Waals surface area contributed by atoms with Crippen LogP contribution in [0.5, 0.6) is 0 Å². The largest absolute Gasteiger partial charge is 0.223 e. The molecule has 0 bridgehead atoms. The molecule has 6 heteroatoms. The van der Waals surface area contributed by atoms with E-state index >= 15 is 0 Å². The fraction of sp³-hybridized carbons (Fsp3) is 0.167. The number of halogens is 3. The third-order valence-electron chi connectivity index (χ3n) is 2.69. The molecule has 0 N–H and O–H groups in total. The maximum Gasteiger partial charge on any atom is 0.223 e. The third-order valence-corrected chi connectivity index (χ3v) is 3.98. The summed E-state index contributed by atoms with van der Waals surface area (Å²) in [5, 5.41) is 0.135. The van der Waals surface area contributed by atoms with Crippen LogP contribution in [0, 0.1) is 11.6 Å². The summed E-state index contributed by atoms with van der Waals surface area (Å²) in [5.74, 6) is -0.858. The fourth-order valence-corrected chi connectivity index (χ4v) is 3.18. The summed E-state index contributed by atoms with van der Waals surface area (Å²) in [6.07, 6.45) is 0.818. The van der Waals surface area contributed by atoms with Crippen molar-refractivity contribution in [3.05, 3.63) is 40.8 Å². The van der Waals surface area contributed by atoms with Gasteiger partial charge < -0.3 is 0 Å². The van der Waals surface area contributed by atoms with Crippen LogP contribution in [0.1, 0.15) is 5.69 Å². The summed E-state index contributed by atoms with van der Waals surface area (Å²) in [5.41, 5.74) is 1.97. The predicted octanol–water partition coefficient (Wildman–Crippen LogP) is 3.72. The Hall–Kier alpha value is -1.20. The molecule has 2 nitrogen and oxygen atoms in total. The predicted molar refractivity (Wildman–Crippen MR) is 66.8 cm³/mol. The van der Waals surface area contributed by atoms with Gasteiger partial charge in [0.2, 0.25) is 5.28 Å². The number of hydrogen-bond donors (Lipinski definition) is 0. The van der Waals surface area contributed by atoms with Gasteiger partial charge in [0.25, 0.3) is 0 Å². The van der Waals surface area contributed by atoms with Gasteiger partial charge in [-0.2, -0.15) is 0 Å². The highest BCUT2D eigenvalue weighted by Gasteiger charge is 2.21. The monoisotopic (exact) mass is 284 g/mol. The Labute approximate surface area is 111 Å². The van der Waals surface area contributed by atoms with E-state index in [1.807, 2.05) is 0 Å². The number of aryl methyl sites for hydroxylation is 1. The molecule has 0 fully saturated rings. The summed E-state index contributed by atoms with van der Waals surface area (Å²) in [7, 11) is 0. The third kappa shape index (κ3) is 1.97. The topological polar surface area (TPSA) is 25.8 Å². The second kappa shape index (κ2) is 4.48.